The van der Waals surface area contributed by atoms with Gasteiger partial charge in [-0.2, -0.15) is 5.10 Å². The van der Waals surface area contributed by atoms with Crippen LogP contribution in [0.25, 0.3) is 0 Å². The quantitative estimate of drug-likeness (QED) is 0.882. The maximum absolute atomic E-state index is 12.3. The normalized spacial score (nSPS) is 19.2. The highest BCUT2D eigenvalue weighted by atomic mass is 32.1. The molecule has 0 bridgehead atoms. The van der Waals surface area contributed by atoms with E-state index < -0.39 is 0 Å². The molecule has 9 heteroatoms. The molecule has 20 heavy (non-hydrogen) atoms. The molecule has 1 fully saturated rings. The van der Waals surface area contributed by atoms with Crippen LogP contribution in [0.2, 0.25) is 0 Å². The molecule has 1 N–H and O–H groups in total. The average Bonchev–Trinajstić information content (AvgIpc) is 3.17. The van der Waals surface area contributed by atoms with Crippen LogP contribution >= 0.6 is 11.5 Å². The maximum Gasteiger partial charge on any atom is 0.267 e. The number of aromatic amines is 1. The van der Waals surface area contributed by atoms with Crippen molar-refractivity contribution in [1.82, 2.24) is 29.7 Å². The first-order valence-electron chi connectivity index (χ1n) is 6.37. The van der Waals surface area contributed by atoms with Gasteiger partial charge < -0.3 is 9.64 Å². The summed E-state index contributed by atoms with van der Waals surface area (Å²) >= 11 is 1.10. The lowest BCUT2D eigenvalue weighted by Gasteiger charge is -2.31. The van der Waals surface area contributed by atoms with Crippen molar-refractivity contribution in [1.29, 1.82) is 0 Å². The molecule has 1 amide bonds. The van der Waals surface area contributed by atoms with Crippen LogP contribution in [0.3, 0.4) is 0 Å². The van der Waals surface area contributed by atoms with Crippen LogP contribution in [0.4, 0.5) is 0 Å². The number of hydrogen-bond donors (Lipinski definition) is 1. The third kappa shape index (κ3) is 2.54. The van der Waals surface area contributed by atoms with E-state index in [0.717, 1.165) is 23.8 Å². The second-order valence-electron chi connectivity index (χ2n) is 4.39. The number of aryl methyl sites for hydroxylation is 1. The van der Waals surface area contributed by atoms with Crippen molar-refractivity contribution in [3.8, 4) is 0 Å². The first-order chi connectivity index (χ1) is 9.78. The molecular weight excluding hydrogens is 280 g/mol. The molecule has 8 nitrogen and oxygen atoms in total. The summed E-state index contributed by atoms with van der Waals surface area (Å²) in [4.78, 5) is 18.9. The van der Waals surface area contributed by atoms with E-state index in [9.17, 15) is 4.79 Å². The fourth-order valence-electron chi connectivity index (χ4n) is 2.02. The van der Waals surface area contributed by atoms with Crippen LogP contribution < -0.4 is 0 Å². The number of H-pyrrole nitrogens is 1. The number of amides is 1. The molecule has 0 unspecified atom stereocenters. The van der Waals surface area contributed by atoms with Crippen LogP contribution in [0, 0.1) is 0 Å². The Morgan fingerprint density at radius 2 is 2.55 bits per heavy atom. The Labute approximate surface area is 119 Å². The summed E-state index contributed by atoms with van der Waals surface area (Å²) in [6, 6.07) is 0. The van der Waals surface area contributed by atoms with E-state index in [2.05, 4.69) is 24.8 Å². The third-order valence-corrected chi connectivity index (χ3v) is 3.75. The van der Waals surface area contributed by atoms with E-state index in [-0.39, 0.29) is 12.0 Å². The van der Waals surface area contributed by atoms with Crippen molar-refractivity contribution < 1.29 is 9.53 Å². The standard InChI is InChI=1S/C11H14N6O2S/c1-2-9-13-10(15-14-9)7-6-17(3-4-19-7)11(18)8-5-12-16-20-8/h5,7H,2-4,6H2,1H3,(H,13,14,15)/t7-/m0/s1. The molecule has 3 heterocycles. The molecule has 2 aromatic rings. The van der Waals surface area contributed by atoms with Gasteiger partial charge in [-0.05, 0) is 11.5 Å². The Morgan fingerprint density at radius 3 is 3.25 bits per heavy atom. The van der Waals surface area contributed by atoms with Gasteiger partial charge >= 0.3 is 0 Å². The Hall–Kier alpha value is -1.87. The first-order valence-corrected chi connectivity index (χ1v) is 7.14. The highest BCUT2D eigenvalue weighted by Crippen LogP contribution is 2.21. The summed E-state index contributed by atoms with van der Waals surface area (Å²) in [5.74, 6) is 1.35. The molecule has 1 aliphatic heterocycles. The monoisotopic (exact) mass is 294 g/mol. The summed E-state index contributed by atoms with van der Waals surface area (Å²) in [6.07, 6.45) is 1.99. The Kier molecular flexibility index (Phi) is 3.70. The first kappa shape index (κ1) is 13.1. The summed E-state index contributed by atoms with van der Waals surface area (Å²) in [5.41, 5.74) is 0. The molecule has 1 saturated heterocycles. The van der Waals surface area contributed by atoms with E-state index in [0.29, 0.717) is 30.4 Å². The predicted octanol–water partition coefficient (Wildman–Crippen LogP) is 0.432. The lowest BCUT2D eigenvalue weighted by molar-refractivity contribution is -0.0265. The zero-order valence-corrected chi connectivity index (χ0v) is 11.8. The molecule has 1 aliphatic rings. The van der Waals surface area contributed by atoms with Crippen LogP contribution in [0.5, 0.6) is 0 Å². The lowest BCUT2D eigenvalue weighted by atomic mass is 10.2. The predicted molar refractivity (Wildman–Crippen MR) is 70.3 cm³/mol. The Bertz CT molecular complexity index is 584. The molecule has 1 atom stereocenters. The van der Waals surface area contributed by atoms with Crippen LogP contribution in [0.1, 0.15) is 34.3 Å². The smallest absolute Gasteiger partial charge is 0.267 e. The number of carbonyl (C=O) groups excluding carboxylic acids is 1. The topological polar surface area (TPSA) is 96.9 Å². The second-order valence-corrected chi connectivity index (χ2v) is 5.17. The van der Waals surface area contributed by atoms with Crippen molar-refractivity contribution in [2.75, 3.05) is 19.7 Å². The fraction of sp³-hybridized carbons (Fsp3) is 0.545. The Morgan fingerprint density at radius 1 is 1.65 bits per heavy atom. The molecule has 0 spiro atoms. The second kappa shape index (κ2) is 5.63. The summed E-state index contributed by atoms with van der Waals surface area (Å²) in [6.45, 7) is 3.47. The van der Waals surface area contributed by atoms with E-state index in [1.807, 2.05) is 6.92 Å². The van der Waals surface area contributed by atoms with Crippen molar-refractivity contribution in [2.45, 2.75) is 19.4 Å². The zero-order chi connectivity index (χ0) is 13.9. The van der Waals surface area contributed by atoms with E-state index in [1.165, 1.54) is 6.20 Å². The van der Waals surface area contributed by atoms with Gasteiger partial charge in [0.1, 0.15) is 16.8 Å². The minimum absolute atomic E-state index is 0.0699. The Balaban J connectivity index is 1.71. The highest BCUT2D eigenvalue weighted by molar-refractivity contribution is 7.07. The lowest BCUT2D eigenvalue weighted by Crippen LogP contribution is -2.42. The average molecular weight is 294 g/mol. The molecular formula is C11H14N6O2S. The number of nitrogens with zero attached hydrogens (tertiary/aromatic N) is 5. The molecule has 106 valence electrons. The fourth-order valence-corrected chi connectivity index (χ4v) is 2.50. The third-order valence-electron chi connectivity index (χ3n) is 3.10. The van der Waals surface area contributed by atoms with Crippen molar-refractivity contribution in [3.63, 3.8) is 0 Å². The number of morpholine rings is 1. The number of carbonyl (C=O) groups is 1. The number of aromatic nitrogens is 5. The van der Waals surface area contributed by atoms with Gasteiger partial charge in [-0.1, -0.05) is 11.4 Å². The molecule has 0 radical (unpaired) electrons. The number of hydrogen-bond acceptors (Lipinski definition) is 7. The van der Waals surface area contributed by atoms with Crippen molar-refractivity contribution in [2.24, 2.45) is 0 Å². The zero-order valence-electron chi connectivity index (χ0n) is 10.9. The minimum atomic E-state index is -0.287. The van der Waals surface area contributed by atoms with E-state index >= 15 is 0 Å². The van der Waals surface area contributed by atoms with Crippen molar-refractivity contribution >= 4 is 17.4 Å². The van der Waals surface area contributed by atoms with Crippen LogP contribution in [-0.2, 0) is 11.2 Å². The van der Waals surface area contributed by atoms with Crippen molar-refractivity contribution in [3.05, 3.63) is 22.7 Å². The molecule has 0 aliphatic carbocycles. The van der Waals surface area contributed by atoms with Crippen LogP contribution in [-0.4, -0.2) is 55.3 Å². The number of nitrogens with one attached hydrogen (secondary N) is 1. The largest absolute Gasteiger partial charge is 0.366 e. The molecule has 3 rings (SSSR count). The van der Waals surface area contributed by atoms with Gasteiger partial charge in [0.15, 0.2) is 5.82 Å². The number of rotatable bonds is 3. The van der Waals surface area contributed by atoms with Gasteiger partial charge in [0, 0.05) is 13.0 Å². The summed E-state index contributed by atoms with van der Waals surface area (Å²) in [7, 11) is 0. The minimum Gasteiger partial charge on any atom is -0.366 e. The van der Waals surface area contributed by atoms with Gasteiger partial charge in [0.25, 0.3) is 5.91 Å². The number of ether oxygens (including phenoxy) is 1. The van der Waals surface area contributed by atoms with Gasteiger partial charge in [-0.15, -0.1) is 5.10 Å². The van der Waals surface area contributed by atoms with Crippen LogP contribution in [0.15, 0.2) is 6.20 Å². The van der Waals surface area contributed by atoms with Gasteiger partial charge in [-0.25, -0.2) is 4.98 Å². The van der Waals surface area contributed by atoms with E-state index in [4.69, 9.17) is 4.74 Å². The maximum atomic E-state index is 12.3. The highest BCUT2D eigenvalue weighted by Gasteiger charge is 2.29. The van der Waals surface area contributed by atoms with Gasteiger partial charge in [-0.3, -0.25) is 9.89 Å². The summed E-state index contributed by atoms with van der Waals surface area (Å²) in [5, 5.41) is 10.7. The van der Waals surface area contributed by atoms with Gasteiger partial charge in [0.05, 0.1) is 19.3 Å². The SMILES string of the molecule is CCc1nc([C@@H]2CN(C(=O)c3cnns3)CCO2)n[nH]1. The summed E-state index contributed by atoms with van der Waals surface area (Å²) < 4.78 is 9.37. The molecule has 2 aromatic heterocycles. The van der Waals surface area contributed by atoms with Gasteiger partial charge in [0.2, 0.25) is 0 Å². The van der Waals surface area contributed by atoms with E-state index in [1.54, 1.807) is 4.90 Å². The molecule has 0 saturated carbocycles. The molecule has 0 aromatic carbocycles.